The van der Waals surface area contributed by atoms with E-state index in [0.29, 0.717) is 5.70 Å². The van der Waals surface area contributed by atoms with Crippen molar-refractivity contribution in [2.45, 2.75) is 61.8 Å². The molecular formula is C17H31N. The third kappa shape index (κ3) is 4.72. The van der Waals surface area contributed by atoms with Crippen LogP contribution < -0.4 is 5.73 Å². The lowest BCUT2D eigenvalue weighted by Crippen LogP contribution is -2.16. The molecule has 1 heteroatoms. The zero-order valence-electron chi connectivity index (χ0n) is 13.6. The standard InChI is InChI=1S/C17H31N/c1-10-14(13(3)18)15(17(7,8)9)11-12(2)16(4,5)6/h11H,3,10,18H2,1-2,4-9H3/b12-11+,15-14+. The van der Waals surface area contributed by atoms with Crippen molar-refractivity contribution in [3.63, 3.8) is 0 Å². The Balaban J connectivity index is 5.92. The first-order valence-electron chi connectivity index (χ1n) is 6.78. The Bertz CT molecular complexity index is 367. The number of hydrogen-bond donors (Lipinski definition) is 1. The van der Waals surface area contributed by atoms with Gasteiger partial charge in [0.05, 0.1) is 0 Å². The smallest absolute Gasteiger partial charge is 0.0276 e. The molecule has 0 rings (SSSR count). The Hall–Kier alpha value is -0.980. The van der Waals surface area contributed by atoms with Crippen molar-refractivity contribution in [1.82, 2.24) is 0 Å². The van der Waals surface area contributed by atoms with Crippen LogP contribution in [0.2, 0.25) is 0 Å². The molecule has 18 heavy (non-hydrogen) atoms. The van der Waals surface area contributed by atoms with E-state index in [2.05, 4.69) is 68.0 Å². The number of rotatable bonds is 3. The Kier molecular flexibility index (Phi) is 5.46. The topological polar surface area (TPSA) is 26.0 Å². The van der Waals surface area contributed by atoms with Crippen LogP contribution in [-0.4, -0.2) is 0 Å². The molecule has 0 radical (unpaired) electrons. The summed E-state index contributed by atoms with van der Waals surface area (Å²) in [4.78, 5) is 0. The molecule has 0 amide bonds. The van der Waals surface area contributed by atoms with Crippen molar-refractivity contribution in [3.8, 4) is 0 Å². The van der Waals surface area contributed by atoms with E-state index < -0.39 is 0 Å². The van der Waals surface area contributed by atoms with Crippen molar-refractivity contribution >= 4 is 0 Å². The third-order valence-corrected chi connectivity index (χ3v) is 3.42. The van der Waals surface area contributed by atoms with Gasteiger partial charge < -0.3 is 5.73 Å². The summed E-state index contributed by atoms with van der Waals surface area (Å²) in [6, 6.07) is 0. The van der Waals surface area contributed by atoms with Crippen molar-refractivity contribution in [1.29, 1.82) is 0 Å². The molecule has 0 heterocycles. The normalized spacial score (nSPS) is 15.4. The molecule has 0 saturated carbocycles. The second kappa shape index (κ2) is 5.77. The number of allylic oxidation sites excluding steroid dienone is 4. The predicted molar refractivity (Wildman–Crippen MR) is 83.3 cm³/mol. The SMILES string of the molecule is C=C(N)/C(CC)=C(\C=C(/C)C(C)(C)C)C(C)(C)C. The first kappa shape index (κ1) is 17.0. The van der Waals surface area contributed by atoms with Gasteiger partial charge >= 0.3 is 0 Å². The Morgan fingerprint density at radius 1 is 1.06 bits per heavy atom. The molecule has 0 unspecified atom stereocenters. The highest BCUT2D eigenvalue weighted by Gasteiger charge is 2.22. The van der Waals surface area contributed by atoms with Gasteiger partial charge in [0.2, 0.25) is 0 Å². The van der Waals surface area contributed by atoms with Crippen LogP contribution in [0.4, 0.5) is 0 Å². The minimum absolute atomic E-state index is 0.0835. The van der Waals surface area contributed by atoms with Gasteiger partial charge in [0, 0.05) is 5.70 Å². The molecule has 104 valence electrons. The van der Waals surface area contributed by atoms with E-state index in [1.165, 1.54) is 16.7 Å². The van der Waals surface area contributed by atoms with Crippen LogP contribution in [0.15, 0.2) is 35.1 Å². The van der Waals surface area contributed by atoms with E-state index in [9.17, 15) is 0 Å². The molecule has 0 aliphatic carbocycles. The van der Waals surface area contributed by atoms with Crippen LogP contribution >= 0.6 is 0 Å². The maximum atomic E-state index is 5.95. The molecule has 0 fully saturated rings. The van der Waals surface area contributed by atoms with Crippen LogP contribution in [0, 0.1) is 10.8 Å². The van der Waals surface area contributed by atoms with E-state index in [1.807, 2.05) is 0 Å². The molecular weight excluding hydrogens is 218 g/mol. The van der Waals surface area contributed by atoms with Crippen LogP contribution in [0.3, 0.4) is 0 Å². The molecule has 0 aromatic rings. The highest BCUT2D eigenvalue weighted by atomic mass is 14.6. The molecule has 0 aliphatic rings. The fraction of sp³-hybridized carbons (Fsp3) is 0.647. The maximum absolute atomic E-state index is 5.95. The van der Waals surface area contributed by atoms with Crippen LogP contribution in [0.5, 0.6) is 0 Å². The van der Waals surface area contributed by atoms with E-state index in [-0.39, 0.29) is 10.8 Å². The first-order chi connectivity index (χ1) is 7.91. The fourth-order valence-electron chi connectivity index (χ4n) is 1.78. The van der Waals surface area contributed by atoms with E-state index in [4.69, 9.17) is 5.73 Å². The third-order valence-electron chi connectivity index (χ3n) is 3.42. The molecule has 0 atom stereocenters. The molecule has 0 aromatic carbocycles. The summed E-state index contributed by atoms with van der Waals surface area (Å²) in [5, 5.41) is 0. The van der Waals surface area contributed by atoms with Gasteiger partial charge in [0.1, 0.15) is 0 Å². The highest BCUT2D eigenvalue weighted by Crippen LogP contribution is 2.35. The van der Waals surface area contributed by atoms with Crippen molar-refractivity contribution in [2.24, 2.45) is 16.6 Å². The molecule has 1 nitrogen and oxygen atoms in total. The summed E-state index contributed by atoms with van der Waals surface area (Å²) in [7, 11) is 0. The van der Waals surface area contributed by atoms with E-state index >= 15 is 0 Å². The van der Waals surface area contributed by atoms with Gasteiger partial charge in [-0.25, -0.2) is 0 Å². The number of hydrogen-bond acceptors (Lipinski definition) is 1. The molecule has 0 saturated heterocycles. The van der Waals surface area contributed by atoms with Gasteiger partial charge in [0.25, 0.3) is 0 Å². The van der Waals surface area contributed by atoms with Gasteiger partial charge in [-0.1, -0.05) is 66.7 Å². The molecule has 0 aliphatic heterocycles. The minimum atomic E-state index is 0.0835. The molecule has 0 spiro atoms. The summed E-state index contributed by atoms with van der Waals surface area (Å²) in [5.41, 5.74) is 10.8. The maximum Gasteiger partial charge on any atom is 0.0276 e. The number of nitrogens with two attached hydrogens (primary N) is 1. The fourth-order valence-corrected chi connectivity index (χ4v) is 1.78. The van der Waals surface area contributed by atoms with Crippen molar-refractivity contribution in [2.75, 3.05) is 0 Å². The summed E-state index contributed by atoms with van der Waals surface area (Å²) in [6.45, 7) is 21.7. The van der Waals surface area contributed by atoms with Gasteiger partial charge in [-0.2, -0.15) is 0 Å². The Morgan fingerprint density at radius 2 is 1.50 bits per heavy atom. The van der Waals surface area contributed by atoms with Gasteiger partial charge in [0.15, 0.2) is 0 Å². The molecule has 0 aromatic heterocycles. The Labute approximate surface area is 114 Å². The van der Waals surface area contributed by atoms with Gasteiger partial charge in [-0.05, 0) is 35.3 Å². The average molecular weight is 249 g/mol. The minimum Gasteiger partial charge on any atom is -0.399 e. The second-order valence-electron chi connectivity index (χ2n) is 7.10. The predicted octanol–water partition coefficient (Wildman–Crippen LogP) is 5.20. The van der Waals surface area contributed by atoms with Crippen molar-refractivity contribution < 1.29 is 0 Å². The van der Waals surface area contributed by atoms with Crippen molar-refractivity contribution in [3.05, 3.63) is 35.1 Å². The van der Waals surface area contributed by atoms with Crippen LogP contribution in [-0.2, 0) is 0 Å². The van der Waals surface area contributed by atoms with Gasteiger partial charge in [-0.3, -0.25) is 0 Å². The lowest BCUT2D eigenvalue weighted by atomic mass is 9.78. The quantitative estimate of drug-likeness (QED) is 0.683. The lowest BCUT2D eigenvalue weighted by Gasteiger charge is -2.28. The van der Waals surface area contributed by atoms with Gasteiger partial charge in [-0.15, -0.1) is 0 Å². The average Bonchev–Trinajstić information content (AvgIpc) is 2.13. The molecule has 0 bridgehead atoms. The van der Waals surface area contributed by atoms with E-state index in [1.54, 1.807) is 0 Å². The molecule has 2 N–H and O–H groups in total. The van der Waals surface area contributed by atoms with Crippen LogP contribution in [0.1, 0.15) is 61.8 Å². The second-order valence-corrected chi connectivity index (χ2v) is 7.10. The first-order valence-corrected chi connectivity index (χ1v) is 6.78. The monoisotopic (exact) mass is 249 g/mol. The highest BCUT2D eigenvalue weighted by molar-refractivity contribution is 5.42. The van der Waals surface area contributed by atoms with Crippen LogP contribution in [0.25, 0.3) is 0 Å². The summed E-state index contributed by atoms with van der Waals surface area (Å²) in [5.74, 6) is 0. The summed E-state index contributed by atoms with van der Waals surface area (Å²) in [6.07, 6.45) is 3.23. The zero-order chi connectivity index (χ0) is 14.7. The lowest BCUT2D eigenvalue weighted by molar-refractivity contribution is 0.487. The summed E-state index contributed by atoms with van der Waals surface area (Å²) >= 11 is 0. The Morgan fingerprint density at radius 3 is 1.72 bits per heavy atom. The summed E-state index contributed by atoms with van der Waals surface area (Å²) < 4.78 is 0. The largest absolute Gasteiger partial charge is 0.399 e. The zero-order valence-corrected chi connectivity index (χ0v) is 13.6. The van der Waals surface area contributed by atoms with E-state index in [0.717, 1.165) is 6.42 Å².